The first-order valence-electron chi connectivity index (χ1n) is 5.43. The van der Waals surface area contributed by atoms with Gasteiger partial charge in [-0.15, -0.1) is 11.3 Å². The van der Waals surface area contributed by atoms with Crippen molar-refractivity contribution in [2.24, 2.45) is 0 Å². The molecular formula is C12H11FN2S. The van der Waals surface area contributed by atoms with Gasteiger partial charge < -0.3 is 0 Å². The highest BCUT2D eigenvalue weighted by Gasteiger charge is 2.16. The first-order chi connectivity index (χ1) is 7.83. The zero-order chi connectivity index (χ0) is 11.0. The standard InChI is InChI=1S/C12H11FN2S/c13-11-7-8(5-6-14-11)12-15-9-3-1-2-4-10(9)16-12/h5-7H,1-4H2. The van der Waals surface area contributed by atoms with E-state index in [1.165, 1.54) is 35.7 Å². The molecule has 1 aliphatic rings. The highest BCUT2D eigenvalue weighted by Crippen LogP contribution is 2.32. The third kappa shape index (κ3) is 1.73. The number of hydrogen-bond acceptors (Lipinski definition) is 3. The van der Waals surface area contributed by atoms with Gasteiger partial charge in [-0.3, -0.25) is 0 Å². The first-order valence-corrected chi connectivity index (χ1v) is 6.25. The number of thiazole rings is 1. The molecule has 2 nitrogen and oxygen atoms in total. The number of rotatable bonds is 1. The van der Waals surface area contributed by atoms with E-state index < -0.39 is 5.95 Å². The molecule has 16 heavy (non-hydrogen) atoms. The monoisotopic (exact) mass is 234 g/mol. The third-order valence-corrected chi connectivity index (χ3v) is 4.03. The zero-order valence-electron chi connectivity index (χ0n) is 8.74. The van der Waals surface area contributed by atoms with Crippen molar-refractivity contribution in [1.82, 2.24) is 9.97 Å². The molecule has 0 bridgehead atoms. The van der Waals surface area contributed by atoms with Crippen molar-refractivity contribution >= 4 is 11.3 Å². The van der Waals surface area contributed by atoms with Crippen LogP contribution in [0, 0.1) is 5.95 Å². The molecule has 82 valence electrons. The maximum Gasteiger partial charge on any atom is 0.213 e. The first kappa shape index (κ1) is 9.90. The molecule has 0 aromatic carbocycles. The van der Waals surface area contributed by atoms with E-state index in [-0.39, 0.29) is 0 Å². The average Bonchev–Trinajstić information content (AvgIpc) is 2.72. The SMILES string of the molecule is Fc1cc(-c2nc3c(s2)CCCC3)ccn1. The summed E-state index contributed by atoms with van der Waals surface area (Å²) in [5.41, 5.74) is 2.05. The van der Waals surface area contributed by atoms with Crippen LogP contribution in [0.5, 0.6) is 0 Å². The normalized spacial score (nSPS) is 14.8. The van der Waals surface area contributed by atoms with Crippen molar-refractivity contribution in [3.05, 3.63) is 34.8 Å². The largest absolute Gasteiger partial charge is 0.241 e. The minimum atomic E-state index is -0.439. The summed E-state index contributed by atoms with van der Waals surface area (Å²) in [6.07, 6.45) is 6.16. The van der Waals surface area contributed by atoms with Crippen molar-refractivity contribution in [2.75, 3.05) is 0 Å². The lowest BCUT2D eigenvalue weighted by molar-refractivity contribution is 0.584. The van der Waals surface area contributed by atoms with Crippen LogP contribution in [-0.4, -0.2) is 9.97 Å². The Labute approximate surface area is 97.2 Å². The molecular weight excluding hydrogens is 223 g/mol. The maximum atomic E-state index is 13.0. The lowest BCUT2D eigenvalue weighted by Gasteiger charge is -2.06. The van der Waals surface area contributed by atoms with E-state index in [1.807, 2.05) is 6.07 Å². The molecule has 0 amide bonds. The van der Waals surface area contributed by atoms with Crippen LogP contribution in [0.3, 0.4) is 0 Å². The van der Waals surface area contributed by atoms with Gasteiger partial charge in [-0.1, -0.05) is 0 Å². The summed E-state index contributed by atoms with van der Waals surface area (Å²) in [5.74, 6) is -0.439. The summed E-state index contributed by atoms with van der Waals surface area (Å²) in [6.45, 7) is 0. The van der Waals surface area contributed by atoms with Gasteiger partial charge in [0, 0.05) is 22.7 Å². The van der Waals surface area contributed by atoms with Crippen LogP contribution < -0.4 is 0 Å². The van der Waals surface area contributed by atoms with E-state index in [1.54, 1.807) is 11.3 Å². The van der Waals surface area contributed by atoms with Crippen molar-refractivity contribution in [2.45, 2.75) is 25.7 Å². The Morgan fingerprint density at radius 2 is 2.12 bits per heavy atom. The summed E-state index contributed by atoms with van der Waals surface area (Å²) >= 11 is 1.69. The van der Waals surface area contributed by atoms with E-state index in [2.05, 4.69) is 9.97 Å². The van der Waals surface area contributed by atoms with Gasteiger partial charge in [0.1, 0.15) is 5.01 Å². The molecule has 0 N–H and O–H groups in total. The van der Waals surface area contributed by atoms with E-state index in [4.69, 9.17) is 0 Å². The highest BCUT2D eigenvalue weighted by molar-refractivity contribution is 7.15. The number of aromatic nitrogens is 2. The van der Waals surface area contributed by atoms with Crippen LogP contribution in [0.25, 0.3) is 10.6 Å². The summed E-state index contributed by atoms with van der Waals surface area (Å²) in [6, 6.07) is 3.26. The van der Waals surface area contributed by atoms with Crippen molar-refractivity contribution in [3.8, 4) is 10.6 Å². The number of aryl methyl sites for hydroxylation is 2. The molecule has 0 saturated carbocycles. The summed E-state index contributed by atoms with van der Waals surface area (Å²) in [4.78, 5) is 9.52. The summed E-state index contributed by atoms with van der Waals surface area (Å²) in [5, 5.41) is 0.924. The van der Waals surface area contributed by atoms with Gasteiger partial charge in [0.25, 0.3) is 0 Å². The minimum Gasteiger partial charge on any atom is -0.241 e. The van der Waals surface area contributed by atoms with Gasteiger partial charge in [-0.25, -0.2) is 9.97 Å². The molecule has 2 aromatic rings. The number of pyridine rings is 1. The second-order valence-electron chi connectivity index (χ2n) is 3.96. The molecule has 0 atom stereocenters. The lowest BCUT2D eigenvalue weighted by Crippen LogP contribution is -1.98. The predicted molar refractivity (Wildman–Crippen MR) is 61.9 cm³/mol. The molecule has 2 aromatic heterocycles. The highest BCUT2D eigenvalue weighted by atomic mass is 32.1. The zero-order valence-corrected chi connectivity index (χ0v) is 9.56. The van der Waals surface area contributed by atoms with Gasteiger partial charge in [0.15, 0.2) is 0 Å². The van der Waals surface area contributed by atoms with Crippen LogP contribution in [-0.2, 0) is 12.8 Å². The molecule has 0 aliphatic heterocycles. The topological polar surface area (TPSA) is 25.8 Å². The van der Waals surface area contributed by atoms with Crippen molar-refractivity contribution < 1.29 is 4.39 Å². The Morgan fingerprint density at radius 3 is 2.94 bits per heavy atom. The van der Waals surface area contributed by atoms with Gasteiger partial charge in [0.05, 0.1) is 5.69 Å². The Bertz CT molecular complexity index is 498. The maximum absolute atomic E-state index is 13.0. The van der Waals surface area contributed by atoms with Crippen LogP contribution >= 0.6 is 11.3 Å². The Morgan fingerprint density at radius 1 is 1.25 bits per heavy atom. The molecule has 0 unspecified atom stereocenters. The molecule has 0 radical (unpaired) electrons. The fraction of sp³-hybridized carbons (Fsp3) is 0.333. The molecule has 4 heteroatoms. The van der Waals surface area contributed by atoms with E-state index in [0.717, 1.165) is 23.4 Å². The van der Waals surface area contributed by atoms with Crippen LogP contribution in [0.4, 0.5) is 4.39 Å². The minimum absolute atomic E-state index is 0.439. The molecule has 0 fully saturated rings. The fourth-order valence-electron chi connectivity index (χ4n) is 2.01. The number of halogens is 1. The van der Waals surface area contributed by atoms with Gasteiger partial charge in [0.2, 0.25) is 5.95 Å². The molecule has 0 spiro atoms. The average molecular weight is 234 g/mol. The lowest BCUT2D eigenvalue weighted by atomic mass is 10.0. The van der Waals surface area contributed by atoms with Crippen molar-refractivity contribution in [1.29, 1.82) is 0 Å². The van der Waals surface area contributed by atoms with E-state index in [0.29, 0.717) is 0 Å². The van der Waals surface area contributed by atoms with Crippen molar-refractivity contribution in [3.63, 3.8) is 0 Å². The van der Waals surface area contributed by atoms with Crippen LogP contribution in [0.15, 0.2) is 18.3 Å². The Balaban J connectivity index is 2.03. The van der Waals surface area contributed by atoms with Crippen LogP contribution in [0.1, 0.15) is 23.4 Å². The molecule has 1 aliphatic carbocycles. The Kier molecular flexibility index (Phi) is 2.44. The van der Waals surface area contributed by atoms with Gasteiger partial charge in [-0.2, -0.15) is 4.39 Å². The third-order valence-electron chi connectivity index (χ3n) is 2.82. The van der Waals surface area contributed by atoms with Gasteiger partial charge >= 0.3 is 0 Å². The number of fused-ring (bicyclic) bond motifs is 1. The molecule has 3 rings (SSSR count). The second kappa shape index (κ2) is 3.94. The predicted octanol–water partition coefficient (Wildman–Crippen LogP) is 3.22. The fourth-order valence-corrected chi connectivity index (χ4v) is 3.16. The van der Waals surface area contributed by atoms with Crippen LogP contribution in [0.2, 0.25) is 0 Å². The molecule has 0 saturated heterocycles. The number of hydrogen-bond donors (Lipinski definition) is 0. The van der Waals surface area contributed by atoms with E-state index in [9.17, 15) is 4.39 Å². The van der Waals surface area contributed by atoms with Gasteiger partial charge in [-0.05, 0) is 31.7 Å². The number of nitrogens with zero attached hydrogens (tertiary/aromatic N) is 2. The van der Waals surface area contributed by atoms with E-state index >= 15 is 0 Å². The Hall–Kier alpha value is -1.29. The molecule has 2 heterocycles. The summed E-state index contributed by atoms with van der Waals surface area (Å²) < 4.78 is 13.0. The smallest absolute Gasteiger partial charge is 0.213 e. The summed E-state index contributed by atoms with van der Waals surface area (Å²) in [7, 11) is 0. The quantitative estimate of drug-likeness (QED) is 0.708. The second-order valence-corrected chi connectivity index (χ2v) is 5.05.